The molecule has 0 aliphatic carbocycles. The highest BCUT2D eigenvalue weighted by molar-refractivity contribution is 7.11. The SMILES string of the molecule is Cc1ncc(CN(C)Cc2cccc(N)c2)s1.Cl.Cl. The van der Waals surface area contributed by atoms with Crippen LogP contribution in [0.15, 0.2) is 30.5 Å². The summed E-state index contributed by atoms with van der Waals surface area (Å²) >= 11 is 1.75. The van der Waals surface area contributed by atoms with Gasteiger partial charge in [0, 0.05) is 29.9 Å². The van der Waals surface area contributed by atoms with Crippen LogP contribution in [-0.4, -0.2) is 16.9 Å². The van der Waals surface area contributed by atoms with Crippen molar-refractivity contribution in [2.45, 2.75) is 20.0 Å². The van der Waals surface area contributed by atoms with Gasteiger partial charge in [-0.15, -0.1) is 36.2 Å². The molecule has 0 saturated carbocycles. The van der Waals surface area contributed by atoms with Crippen molar-refractivity contribution in [3.63, 3.8) is 0 Å². The summed E-state index contributed by atoms with van der Waals surface area (Å²) in [6.07, 6.45) is 1.95. The molecule has 1 heterocycles. The Morgan fingerprint density at radius 2 is 2.00 bits per heavy atom. The number of benzene rings is 1. The highest BCUT2D eigenvalue weighted by Gasteiger charge is 2.04. The lowest BCUT2D eigenvalue weighted by atomic mass is 10.2. The van der Waals surface area contributed by atoms with Crippen LogP contribution in [0, 0.1) is 6.92 Å². The maximum Gasteiger partial charge on any atom is 0.0897 e. The lowest BCUT2D eigenvalue weighted by molar-refractivity contribution is 0.322. The number of aryl methyl sites for hydroxylation is 1. The third kappa shape index (κ3) is 5.78. The van der Waals surface area contributed by atoms with Crippen LogP contribution in [0.5, 0.6) is 0 Å². The van der Waals surface area contributed by atoms with Crippen LogP contribution < -0.4 is 5.73 Å². The molecule has 106 valence electrons. The fourth-order valence-corrected chi connectivity index (χ4v) is 2.68. The largest absolute Gasteiger partial charge is 0.399 e. The molecule has 19 heavy (non-hydrogen) atoms. The first-order valence-corrected chi connectivity index (χ1v) is 6.39. The standard InChI is InChI=1S/C13H17N3S.2ClH/c1-10-15-7-13(17-10)9-16(2)8-11-4-3-5-12(14)6-11;;/h3-7H,8-9,14H2,1-2H3;2*1H. The van der Waals surface area contributed by atoms with Crippen molar-refractivity contribution in [3.05, 3.63) is 45.9 Å². The summed E-state index contributed by atoms with van der Waals surface area (Å²) in [5, 5.41) is 1.12. The van der Waals surface area contributed by atoms with Gasteiger partial charge in [0.05, 0.1) is 5.01 Å². The second kappa shape index (κ2) is 8.38. The number of anilines is 1. The molecule has 0 amide bonds. The Kier molecular flexibility index (Phi) is 8.02. The summed E-state index contributed by atoms with van der Waals surface area (Å²) in [6.45, 7) is 3.87. The zero-order chi connectivity index (χ0) is 12.3. The quantitative estimate of drug-likeness (QED) is 0.877. The summed E-state index contributed by atoms with van der Waals surface area (Å²) < 4.78 is 0. The van der Waals surface area contributed by atoms with Crippen LogP contribution in [0.3, 0.4) is 0 Å². The highest BCUT2D eigenvalue weighted by Crippen LogP contribution is 2.15. The molecule has 0 radical (unpaired) electrons. The molecule has 0 aliphatic rings. The molecule has 2 aromatic rings. The number of rotatable bonds is 4. The van der Waals surface area contributed by atoms with E-state index in [1.54, 1.807) is 11.3 Å². The van der Waals surface area contributed by atoms with Gasteiger partial charge in [-0.1, -0.05) is 12.1 Å². The lowest BCUT2D eigenvalue weighted by Crippen LogP contribution is -2.16. The normalized spacial score (nSPS) is 9.84. The van der Waals surface area contributed by atoms with E-state index in [9.17, 15) is 0 Å². The van der Waals surface area contributed by atoms with E-state index >= 15 is 0 Å². The van der Waals surface area contributed by atoms with Crippen molar-refractivity contribution in [1.29, 1.82) is 0 Å². The summed E-state index contributed by atoms with van der Waals surface area (Å²) in [5.74, 6) is 0. The molecule has 1 aromatic carbocycles. The third-order valence-electron chi connectivity index (χ3n) is 2.50. The third-order valence-corrected chi connectivity index (χ3v) is 3.40. The number of thiazole rings is 1. The number of nitrogen functional groups attached to an aromatic ring is 1. The van der Waals surface area contributed by atoms with Gasteiger partial charge in [0.1, 0.15) is 0 Å². The Hall–Kier alpha value is -0.810. The second-order valence-corrected chi connectivity index (χ2v) is 5.58. The maximum atomic E-state index is 5.76. The highest BCUT2D eigenvalue weighted by atomic mass is 35.5. The Bertz CT molecular complexity index is 502. The molecule has 0 unspecified atom stereocenters. The lowest BCUT2D eigenvalue weighted by Gasteiger charge is -2.15. The second-order valence-electron chi connectivity index (χ2n) is 4.26. The minimum Gasteiger partial charge on any atom is -0.399 e. The molecule has 0 atom stereocenters. The van der Waals surface area contributed by atoms with Crippen molar-refractivity contribution >= 4 is 41.8 Å². The monoisotopic (exact) mass is 319 g/mol. The predicted octanol–water partition coefficient (Wildman–Crippen LogP) is 3.51. The maximum absolute atomic E-state index is 5.76. The van der Waals surface area contributed by atoms with Crippen LogP contribution in [0.25, 0.3) is 0 Å². The molecule has 0 bridgehead atoms. The van der Waals surface area contributed by atoms with Crippen molar-refractivity contribution < 1.29 is 0 Å². The average Bonchev–Trinajstić information content (AvgIpc) is 2.63. The van der Waals surface area contributed by atoms with Crippen molar-refractivity contribution in [1.82, 2.24) is 9.88 Å². The van der Waals surface area contributed by atoms with E-state index in [2.05, 4.69) is 23.0 Å². The van der Waals surface area contributed by atoms with Crippen molar-refractivity contribution in [2.24, 2.45) is 0 Å². The van der Waals surface area contributed by atoms with Crippen LogP contribution in [-0.2, 0) is 13.1 Å². The summed E-state index contributed by atoms with van der Waals surface area (Å²) in [5.41, 5.74) is 7.83. The van der Waals surface area contributed by atoms with Crippen LogP contribution >= 0.6 is 36.2 Å². The van der Waals surface area contributed by atoms with Gasteiger partial charge in [0.15, 0.2) is 0 Å². The van der Waals surface area contributed by atoms with E-state index in [1.165, 1.54) is 10.4 Å². The molecule has 0 fully saturated rings. The van der Waals surface area contributed by atoms with Gasteiger partial charge in [0.2, 0.25) is 0 Å². The van der Waals surface area contributed by atoms with E-state index in [-0.39, 0.29) is 24.8 Å². The van der Waals surface area contributed by atoms with Crippen molar-refractivity contribution in [3.8, 4) is 0 Å². The van der Waals surface area contributed by atoms with Gasteiger partial charge in [-0.3, -0.25) is 4.90 Å². The van der Waals surface area contributed by atoms with E-state index in [0.717, 1.165) is 23.8 Å². The topological polar surface area (TPSA) is 42.2 Å². The summed E-state index contributed by atoms with van der Waals surface area (Å²) in [7, 11) is 2.11. The number of nitrogens with zero attached hydrogens (tertiary/aromatic N) is 2. The molecule has 6 heteroatoms. The number of hydrogen-bond donors (Lipinski definition) is 1. The Morgan fingerprint density at radius 3 is 2.58 bits per heavy atom. The first-order valence-electron chi connectivity index (χ1n) is 5.58. The number of nitrogens with two attached hydrogens (primary N) is 1. The molecular formula is C13H19Cl2N3S. The Morgan fingerprint density at radius 1 is 1.26 bits per heavy atom. The molecular weight excluding hydrogens is 301 g/mol. The van der Waals surface area contributed by atoms with E-state index in [4.69, 9.17) is 5.73 Å². The zero-order valence-corrected chi connectivity index (χ0v) is 13.4. The fourth-order valence-electron chi connectivity index (χ4n) is 1.80. The van der Waals surface area contributed by atoms with Crippen LogP contribution in [0.4, 0.5) is 5.69 Å². The summed E-state index contributed by atoms with van der Waals surface area (Å²) in [4.78, 5) is 7.83. The molecule has 1 aromatic heterocycles. The number of hydrogen-bond acceptors (Lipinski definition) is 4. The van der Waals surface area contributed by atoms with Gasteiger partial charge >= 0.3 is 0 Å². The van der Waals surface area contributed by atoms with E-state index in [0.29, 0.717) is 0 Å². The van der Waals surface area contributed by atoms with Gasteiger partial charge in [0.25, 0.3) is 0 Å². The Balaban J connectivity index is 0.00000162. The van der Waals surface area contributed by atoms with Gasteiger partial charge in [-0.2, -0.15) is 0 Å². The average molecular weight is 320 g/mol. The first-order chi connectivity index (χ1) is 8.13. The minimum atomic E-state index is 0. The predicted molar refractivity (Wildman–Crippen MR) is 87.4 cm³/mol. The molecule has 2 N–H and O–H groups in total. The Labute approximate surface area is 130 Å². The number of aromatic nitrogens is 1. The smallest absolute Gasteiger partial charge is 0.0897 e. The van der Waals surface area contributed by atoms with Gasteiger partial charge in [-0.05, 0) is 31.7 Å². The zero-order valence-electron chi connectivity index (χ0n) is 11.0. The molecule has 0 spiro atoms. The molecule has 0 saturated heterocycles. The summed E-state index contributed by atoms with van der Waals surface area (Å²) in [6, 6.07) is 8.03. The van der Waals surface area contributed by atoms with Crippen LogP contribution in [0.1, 0.15) is 15.4 Å². The van der Waals surface area contributed by atoms with E-state index < -0.39 is 0 Å². The minimum absolute atomic E-state index is 0. The van der Waals surface area contributed by atoms with Gasteiger partial charge in [-0.25, -0.2) is 4.98 Å². The van der Waals surface area contributed by atoms with Gasteiger partial charge < -0.3 is 5.73 Å². The molecule has 0 aliphatic heterocycles. The fraction of sp³-hybridized carbons (Fsp3) is 0.308. The van der Waals surface area contributed by atoms with Crippen LogP contribution in [0.2, 0.25) is 0 Å². The molecule has 3 nitrogen and oxygen atoms in total. The van der Waals surface area contributed by atoms with E-state index in [1.807, 2.05) is 31.3 Å². The van der Waals surface area contributed by atoms with Crippen molar-refractivity contribution in [2.75, 3.05) is 12.8 Å². The molecule has 2 rings (SSSR count). The first kappa shape index (κ1) is 18.2. The number of halogens is 2.